The van der Waals surface area contributed by atoms with Gasteiger partial charge in [-0.15, -0.1) is 0 Å². The summed E-state index contributed by atoms with van der Waals surface area (Å²) >= 11 is 5.58. The number of hydrogen-bond acceptors (Lipinski definition) is 12. The van der Waals surface area contributed by atoms with Crippen molar-refractivity contribution in [3.05, 3.63) is 24.3 Å². The van der Waals surface area contributed by atoms with Gasteiger partial charge in [0.05, 0.1) is 19.1 Å². The van der Waals surface area contributed by atoms with Gasteiger partial charge in [-0.1, -0.05) is 66.3 Å². The Kier molecular flexibility index (Phi) is 26.7. The van der Waals surface area contributed by atoms with Crippen LogP contribution in [0, 0.1) is 17.8 Å². The molecular formula is C35H63ClO12. The van der Waals surface area contributed by atoms with Crippen molar-refractivity contribution in [2.45, 2.75) is 119 Å². The second-order valence-corrected chi connectivity index (χ2v) is 13.9. The third-order valence-corrected chi connectivity index (χ3v) is 6.60. The van der Waals surface area contributed by atoms with E-state index in [9.17, 15) is 24.3 Å². The van der Waals surface area contributed by atoms with Gasteiger partial charge in [-0.2, -0.15) is 0 Å². The standard InChI is InChI=1S/C18H32O6.C12H20O5.C5H11ClO/c1-12(2)14(5)22-10-18(21,11-23-16(20)13(3)4)9-15(19)24-17(6,7)8;1-8(2)11(14)16-6-10(13)7-17-12(15-5)9(3)4;1-4(2)5(6)7-3/h12,14,21H,3,9-11H2,1-2,4-8H3;9,12H,1,6-7H2,2-5H3;4-5H,1-3H3. The van der Waals surface area contributed by atoms with Crippen molar-refractivity contribution in [2.24, 2.45) is 17.8 Å². The van der Waals surface area contributed by atoms with Crippen molar-refractivity contribution in [3.63, 3.8) is 0 Å². The molecule has 0 radical (unpaired) electrons. The fourth-order valence-corrected chi connectivity index (χ4v) is 2.88. The molecule has 0 aliphatic carbocycles. The lowest BCUT2D eigenvalue weighted by atomic mass is 10.0. The number of aliphatic hydroxyl groups is 1. The number of esters is 3. The molecule has 0 aromatic heterocycles. The van der Waals surface area contributed by atoms with Crippen LogP contribution in [0.1, 0.15) is 89.5 Å². The third-order valence-electron chi connectivity index (χ3n) is 5.91. The highest BCUT2D eigenvalue weighted by molar-refractivity contribution is 6.19. The van der Waals surface area contributed by atoms with E-state index in [1.165, 1.54) is 21.0 Å². The smallest absolute Gasteiger partial charge is 0.333 e. The zero-order valence-electron chi connectivity index (χ0n) is 31.7. The Bertz CT molecular complexity index is 987. The first-order valence-corrected chi connectivity index (χ1v) is 16.3. The highest BCUT2D eigenvalue weighted by Crippen LogP contribution is 2.19. The summed E-state index contributed by atoms with van der Waals surface area (Å²) in [6.45, 7) is 27.9. The molecule has 282 valence electrons. The van der Waals surface area contributed by atoms with Crippen LogP contribution in [-0.2, 0) is 52.3 Å². The molecule has 0 spiro atoms. The Balaban J connectivity index is -0.000000729. The maximum absolute atomic E-state index is 12.0. The number of carbonyl (C=O) groups excluding carboxylic acids is 4. The van der Waals surface area contributed by atoms with E-state index in [0.29, 0.717) is 5.92 Å². The van der Waals surface area contributed by atoms with E-state index >= 15 is 0 Å². The summed E-state index contributed by atoms with van der Waals surface area (Å²) in [4.78, 5) is 45.9. The van der Waals surface area contributed by atoms with Crippen LogP contribution in [0.3, 0.4) is 0 Å². The molecule has 0 aromatic rings. The van der Waals surface area contributed by atoms with E-state index in [4.69, 9.17) is 40.0 Å². The molecule has 0 heterocycles. The maximum atomic E-state index is 12.0. The molecule has 0 amide bonds. The molecule has 0 aliphatic heterocycles. The first-order chi connectivity index (χ1) is 21.8. The van der Waals surface area contributed by atoms with Crippen LogP contribution in [0.5, 0.6) is 0 Å². The summed E-state index contributed by atoms with van der Waals surface area (Å²) in [5, 5.41) is 10.7. The van der Waals surface area contributed by atoms with Gasteiger partial charge in [-0.25, -0.2) is 9.59 Å². The van der Waals surface area contributed by atoms with Crippen molar-refractivity contribution in [1.82, 2.24) is 0 Å². The lowest BCUT2D eigenvalue weighted by Gasteiger charge is -2.30. The number of rotatable bonds is 19. The van der Waals surface area contributed by atoms with Crippen LogP contribution in [-0.4, -0.2) is 98.6 Å². The third kappa shape index (κ3) is 27.6. The van der Waals surface area contributed by atoms with Gasteiger partial charge in [0.2, 0.25) is 0 Å². The summed E-state index contributed by atoms with van der Waals surface area (Å²) in [7, 11) is 3.12. The Hall–Kier alpha value is -2.35. The van der Waals surface area contributed by atoms with Crippen LogP contribution in [0.4, 0.5) is 0 Å². The number of halogens is 1. The molecule has 48 heavy (non-hydrogen) atoms. The monoisotopic (exact) mass is 710 g/mol. The van der Waals surface area contributed by atoms with Gasteiger partial charge in [-0.3, -0.25) is 9.59 Å². The van der Waals surface area contributed by atoms with Crippen LogP contribution in [0.2, 0.25) is 0 Å². The molecule has 0 fully saturated rings. The highest BCUT2D eigenvalue weighted by atomic mass is 35.5. The van der Waals surface area contributed by atoms with Crippen LogP contribution >= 0.6 is 11.6 Å². The Morgan fingerprint density at radius 1 is 0.729 bits per heavy atom. The molecule has 0 rings (SSSR count). The summed E-state index contributed by atoms with van der Waals surface area (Å²) in [6.07, 6.45) is -0.888. The van der Waals surface area contributed by atoms with E-state index in [1.54, 1.807) is 27.9 Å². The number of alkyl halides is 1. The Morgan fingerprint density at radius 2 is 1.23 bits per heavy atom. The quantitative estimate of drug-likeness (QED) is 0.0566. The molecule has 4 atom stereocenters. The number of hydrogen-bond donors (Lipinski definition) is 1. The van der Waals surface area contributed by atoms with Crippen molar-refractivity contribution in [2.75, 3.05) is 40.6 Å². The fourth-order valence-electron chi connectivity index (χ4n) is 2.88. The van der Waals surface area contributed by atoms with Crippen LogP contribution < -0.4 is 0 Å². The largest absolute Gasteiger partial charge is 0.460 e. The van der Waals surface area contributed by atoms with E-state index in [1.807, 2.05) is 48.5 Å². The first-order valence-electron chi connectivity index (χ1n) is 15.9. The predicted octanol–water partition coefficient (Wildman–Crippen LogP) is 5.80. The molecule has 0 aromatic carbocycles. The maximum Gasteiger partial charge on any atom is 0.333 e. The van der Waals surface area contributed by atoms with E-state index in [-0.39, 0.29) is 73.3 Å². The molecule has 0 saturated heterocycles. The van der Waals surface area contributed by atoms with Crippen LogP contribution in [0.25, 0.3) is 0 Å². The molecular weight excluding hydrogens is 648 g/mol. The lowest BCUT2D eigenvalue weighted by molar-refractivity contribution is -0.173. The highest BCUT2D eigenvalue weighted by Gasteiger charge is 2.35. The van der Waals surface area contributed by atoms with Crippen molar-refractivity contribution < 1.29 is 57.4 Å². The second kappa shape index (κ2) is 25.6. The molecule has 0 bridgehead atoms. The van der Waals surface area contributed by atoms with Crippen molar-refractivity contribution >= 4 is 35.3 Å². The van der Waals surface area contributed by atoms with Gasteiger partial charge in [0, 0.05) is 31.3 Å². The number of methoxy groups -OCH3 is 2. The first kappa shape index (κ1) is 50.0. The van der Waals surface area contributed by atoms with E-state index in [0.717, 1.165) is 0 Å². The Labute approximate surface area is 293 Å². The van der Waals surface area contributed by atoms with E-state index in [2.05, 4.69) is 17.9 Å². The molecule has 0 aliphatic rings. The van der Waals surface area contributed by atoms with Gasteiger partial charge in [0.15, 0.2) is 18.7 Å². The van der Waals surface area contributed by atoms with Gasteiger partial charge in [-0.05, 0) is 53.4 Å². The number of ketones is 1. The molecule has 13 heteroatoms. The molecule has 1 N–H and O–H groups in total. The fraction of sp³-hybridized carbons (Fsp3) is 0.771. The van der Waals surface area contributed by atoms with Crippen molar-refractivity contribution in [3.8, 4) is 0 Å². The minimum Gasteiger partial charge on any atom is -0.460 e. The number of carbonyl (C=O) groups is 4. The zero-order chi connectivity index (χ0) is 38.4. The van der Waals surface area contributed by atoms with Gasteiger partial charge in [0.1, 0.15) is 30.0 Å². The topological polar surface area (TPSA) is 153 Å². The average molecular weight is 711 g/mol. The van der Waals surface area contributed by atoms with E-state index < -0.39 is 35.4 Å². The second-order valence-electron chi connectivity index (χ2n) is 13.5. The zero-order valence-corrected chi connectivity index (χ0v) is 32.5. The summed E-state index contributed by atoms with van der Waals surface area (Å²) in [5.74, 6) is -1.31. The van der Waals surface area contributed by atoms with Crippen molar-refractivity contribution in [1.29, 1.82) is 0 Å². The van der Waals surface area contributed by atoms with Crippen LogP contribution in [0.15, 0.2) is 24.3 Å². The summed E-state index contributed by atoms with van der Waals surface area (Å²) in [6, 6.07) is 0. The molecule has 4 unspecified atom stereocenters. The summed E-state index contributed by atoms with van der Waals surface area (Å²) < 4.78 is 35.6. The van der Waals surface area contributed by atoms with Gasteiger partial charge in [0.25, 0.3) is 0 Å². The number of ether oxygens (including phenoxy) is 7. The van der Waals surface area contributed by atoms with Gasteiger partial charge < -0.3 is 38.3 Å². The lowest BCUT2D eigenvalue weighted by Crippen LogP contribution is -2.45. The number of Topliss-reactive ketones (excluding diaryl/α,β-unsaturated/α-hetero) is 1. The molecule has 0 saturated carbocycles. The minimum absolute atomic E-state index is 0.119. The predicted molar refractivity (Wildman–Crippen MR) is 185 cm³/mol. The molecule has 12 nitrogen and oxygen atoms in total. The minimum atomic E-state index is -1.66. The SMILES string of the molecule is C=C(C)C(=O)OCC(=O)COC(OC)C(C)C.C=C(C)C(=O)OCC(O)(COC(C)C(C)C)CC(=O)OC(C)(C)C.COC(Cl)C(C)C. The van der Waals surface area contributed by atoms with Gasteiger partial charge >= 0.3 is 17.9 Å². The normalized spacial score (nSPS) is 14.3. The summed E-state index contributed by atoms with van der Waals surface area (Å²) in [5.41, 5.74) is -1.98. The Morgan fingerprint density at radius 3 is 1.58 bits per heavy atom. The average Bonchev–Trinajstić information content (AvgIpc) is 2.96.